The summed E-state index contributed by atoms with van der Waals surface area (Å²) in [6.07, 6.45) is 4.23. The number of hydrogen-bond acceptors (Lipinski definition) is 5. The number of carbonyl (C=O) groups is 1. The van der Waals surface area contributed by atoms with Crippen LogP contribution >= 0.6 is 11.3 Å². The summed E-state index contributed by atoms with van der Waals surface area (Å²) in [5.74, 6) is 1.18. The second kappa shape index (κ2) is 8.30. The highest BCUT2D eigenvalue weighted by molar-refractivity contribution is 7.13. The first-order chi connectivity index (χ1) is 11.7. The maximum absolute atomic E-state index is 12.0. The summed E-state index contributed by atoms with van der Waals surface area (Å²) in [5, 5.41) is 3.33. The molecule has 0 unspecified atom stereocenters. The summed E-state index contributed by atoms with van der Waals surface area (Å²) in [5.41, 5.74) is 1.20. The molecule has 5 nitrogen and oxygen atoms in total. The van der Waals surface area contributed by atoms with Crippen LogP contribution in [0.3, 0.4) is 0 Å². The molecule has 2 saturated heterocycles. The lowest BCUT2D eigenvalue weighted by atomic mass is 9.99. The van der Waals surface area contributed by atoms with Gasteiger partial charge in [-0.15, -0.1) is 11.3 Å². The Balaban J connectivity index is 1.48. The van der Waals surface area contributed by atoms with E-state index in [-0.39, 0.29) is 0 Å². The van der Waals surface area contributed by atoms with Crippen LogP contribution in [-0.4, -0.2) is 60.0 Å². The van der Waals surface area contributed by atoms with Crippen molar-refractivity contribution in [3.8, 4) is 0 Å². The van der Waals surface area contributed by atoms with Gasteiger partial charge in [0.05, 0.1) is 5.69 Å². The fraction of sp³-hybridized carbons (Fsp3) is 0.778. The number of carbonyl (C=O) groups excluding carboxylic acids is 1. The van der Waals surface area contributed by atoms with E-state index in [4.69, 9.17) is 4.98 Å². The number of piperidine rings is 1. The van der Waals surface area contributed by atoms with Crippen LogP contribution in [0.2, 0.25) is 0 Å². The molecule has 0 saturated carbocycles. The quantitative estimate of drug-likeness (QED) is 0.819. The lowest BCUT2D eigenvalue weighted by molar-refractivity contribution is -0.131. The number of likely N-dealkylation sites (tertiary alicyclic amines) is 1. The molecular weight excluding hydrogens is 320 g/mol. The van der Waals surface area contributed by atoms with Gasteiger partial charge in [-0.05, 0) is 38.3 Å². The number of anilines is 1. The van der Waals surface area contributed by atoms with Gasteiger partial charge in [0, 0.05) is 44.5 Å². The molecule has 3 rings (SSSR count). The number of thiazole rings is 1. The van der Waals surface area contributed by atoms with Crippen molar-refractivity contribution in [3.63, 3.8) is 0 Å². The second-order valence-corrected chi connectivity index (χ2v) is 8.03. The zero-order valence-electron chi connectivity index (χ0n) is 15.0. The minimum absolute atomic E-state index is 0.302. The van der Waals surface area contributed by atoms with Gasteiger partial charge in [0.15, 0.2) is 5.13 Å². The van der Waals surface area contributed by atoms with Crippen LogP contribution in [0.1, 0.15) is 45.2 Å². The van der Waals surface area contributed by atoms with E-state index >= 15 is 0 Å². The molecule has 1 amide bonds. The van der Waals surface area contributed by atoms with Crippen LogP contribution in [0.25, 0.3) is 0 Å². The highest BCUT2D eigenvalue weighted by Gasteiger charge is 2.23. The largest absolute Gasteiger partial charge is 0.345 e. The fourth-order valence-corrected chi connectivity index (χ4v) is 4.35. The molecule has 24 heavy (non-hydrogen) atoms. The van der Waals surface area contributed by atoms with Gasteiger partial charge in [-0.3, -0.25) is 9.69 Å². The minimum atomic E-state index is 0.302. The molecule has 2 aliphatic heterocycles. The number of nitrogens with zero attached hydrogens (tertiary/aromatic N) is 4. The lowest BCUT2D eigenvalue weighted by Gasteiger charge is -2.34. The van der Waals surface area contributed by atoms with Crippen LogP contribution in [0.15, 0.2) is 5.38 Å². The smallest absolute Gasteiger partial charge is 0.222 e. The van der Waals surface area contributed by atoms with E-state index in [2.05, 4.69) is 29.0 Å². The van der Waals surface area contributed by atoms with E-state index < -0.39 is 0 Å². The second-order valence-electron chi connectivity index (χ2n) is 7.20. The van der Waals surface area contributed by atoms with Crippen molar-refractivity contribution in [1.29, 1.82) is 0 Å². The maximum atomic E-state index is 12.0. The Kier molecular flexibility index (Phi) is 6.11. The molecule has 0 N–H and O–H groups in total. The third-order valence-electron chi connectivity index (χ3n) is 5.17. The van der Waals surface area contributed by atoms with Gasteiger partial charge < -0.3 is 9.80 Å². The molecule has 1 aromatic rings. The van der Waals surface area contributed by atoms with Crippen LogP contribution in [0, 0.1) is 5.92 Å². The van der Waals surface area contributed by atoms with Crippen molar-refractivity contribution in [1.82, 2.24) is 14.8 Å². The van der Waals surface area contributed by atoms with Crippen molar-refractivity contribution in [3.05, 3.63) is 11.1 Å². The number of hydrogen-bond donors (Lipinski definition) is 0. The van der Waals surface area contributed by atoms with Crippen molar-refractivity contribution in [2.75, 3.05) is 44.2 Å². The van der Waals surface area contributed by atoms with Gasteiger partial charge >= 0.3 is 0 Å². The average Bonchev–Trinajstić information content (AvgIpc) is 3.06. The van der Waals surface area contributed by atoms with E-state index in [1.807, 2.05) is 4.90 Å². The third kappa shape index (κ3) is 4.48. The van der Waals surface area contributed by atoms with Gasteiger partial charge in [-0.25, -0.2) is 4.98 Å². The monoisotopic (exact) mass is 350 g/mol. The van der Waals surface area contributed by atoms with Crippen LogP contribution in [-0.2, 0) is 11.3 Å². The zero-order chi connectivity index (χ0) is 16.9. The zero-order valence-corrected chi connectivity index (χ0v) is 15.9. The Morgan fingerprint density at radius 2 is 1.92 bits per heavy atom. The van der Waals surface area contributed by atoms with Gasteiger partial charge in [-0.1, -0.05) is 13.8 Å². The van der Waals surface area contributed by atoms with Gasteiger partial charge in [-0.2, -0.15) is 0 Å². The highest BCUT2D eigenvalue weighted by Crippen LogP contribution is 2.24. The van der Waals surface area contributed by atoms with E-state index in [0.29, 0.717) is 12.3 Å². The first-order valence-electron chi connectivity index (χ1n) is 9.35. The van der Waals surface area contributed by atoms with Crippen molar-refractivity contribution < 1.29 is 4.79 Å². The van der Waals surface area contributed by atoms with E-state index in [9.17, 15) is 4.79 Å². The topological polar surface area (TPSA) is 39.7 Å². The summed E-state index contributed by atoms with van der Waals surface area (Å²) in [6, 6.07) is 0. The summed E-state index contributed by atoms with van der Waals surface area (Å²) in [4.78, 5) is 23.7. The molecule has 134 valence electrons. The lowest BCUT2D eigenvalue weighted by Crippen LogP contribution is -2.48. The molecule has 1 aromatic heterocycles. The first-order valence-corrected chi connectivity index (χ1v) is 10.2. The Morgan fingerprint density at radius 1 is 1.21 bits per heavy atom. The molecule has 2 aliphatic rings. The van der Waals surface area contributed by atoms with Crippen molar-refractivity contribution >= 4 is 22.4 Å². The third-order valence-corrected chi connectivity index (χ3v) is 6.12. The molecule has 0 radical (unpaired) electrons. The van der Waals surface area contributed by atoms with Gasteiger partial charge in [0.2, 0.25) is 5.91 Å². The Labute approximate surface area is 149 Å². The molecule has 2 fully saturated rings. The number of piperazine rings is 1. The minimum Gasteiger partial charge on any atom is -0.345 e. The molecule has 0 aromatic carbocycles. The predicted octanol–water partition coefficient (Wildman–Crippen LogP) is 2.82. The van der Waals surface area contributed by atoms with Crippen molar-refractivity contribution in [2.24, 2.45) is 5.92 Å². The standard InChI is InChI=1S/C18H30N4OS/c1-3-4-17(23)21-9-11-22(12-10-21)18-19-16(14-24-18)13-20-7-5-15(2)6-8-20/h14-15H,3-13H2,1-2H3. The maximum Gasteiger partial charge on any atom is 0.222 e. The van der Waals surface area contributed by atoms with E-state index in [1.54, 1.807) is 11.3 Å². The normalized spacial score (nSPS) is 20.6. The average molecular weight is 351 g/mol. The fourth-order valence-electron chi connectivity index (χ4n) is 3.48. The van der Waals surface area contributed by atoms with Crippen LogP contribution < -0.4 is 4.90 Å². The highest BCUT2D eigenvalue weighted by atomic mass is 32.1. The Bertz CT molecular complexity index is 531. The van der Waals surface area contributed by atoms with E-state index in [0.717, 1.165) is 50.2 Å². The SMILES string of the molecule is CCCC(=O)N1CCN(c2nc(CN3CCC(C)CC3)cs2)CC1. The van der Waals surface area contributed by atoms with E-state index in [1.165, 1.54) is 31.6 Å². The number of amides is 1. The summed E-state index contributed by atoms with van der Waals surface area (Å²) >= 11 is 1.75. The molecule has 0 aliphatic carbocycles. The Morgan fingerprint density at radius 3 is 2.58 bits per heavy atom. The molecule has 0 atom stereocenters. The molecular formula is C18H30N4OS. The van der Waals surface area contributed by atoms with Crippen LogP contribution in [0.4, 0.5) is 5.13 Å². The van der Waals surface area contributed by atoms with Crippen LogP contribution in [0.5, 0.6) is 0 Å². The predicted molar refractivity (Wildman–Crippen MR) is 99.5 cm³/mol. The molecule has 0 spiro atoms. The van der Waals surface area contributed by atoms with Crippen molar-refractivity contribution in [2.45, 2.75) is 46.1 Å². The molecule has 6 heteroatoms. The summed E-state index contributed by atoms with van der Waals surface area (Å²) in [6.45, 7) is 11.3. The molecule has 3 heterocycles. The first kappa shape index (κ1) is 17.7. The molecule has 0 bridgehead atoms. The van der Waals surface area contributed by atoms with Gasteiger partial charge in [0.25, 0.3) is 0 Å². The summed E-state index contributed by atoms with van der Waals surface area (Å²) in [7, 11) is 0. The van der Waals surface area contributed by atoms with Gasteiger partial charge in [0.1, 0.15) is 0 Å². The number of rotatable bonds is 5. The summed E-state index contributed by atoms with van der Waals surface area (Å²) < 4.78 is 0. The number of aromatic nitrogens is 1. The Hall–Kier alpha value is -1.14.